The Labute approximate surface area is 185 Å². The zero-order valence-corrected chi connectivity index (χ0v) is 17.2. The first-order chi connectivity index (χ1) is 15.9. The minimum absolute atomic E-state index is 0.635. The molecule has 0 amide bonds. The maximum atomic E-state index is 6.59. The average molecular weight is 413 g/mol. The summed E-state index contributed by atoms with van der Waals surface area (Å²) in [6.45, 7) is 0. The molecule has 0 radical (unpaired) electrons. The van der Waals surface area contributed by atoms with Gasteiger partial charge in [0, 0.05) is 16.3 Å². The van der Waals surface area contributed by atoms with Gasteiger partial charge in [0.1, 0.15) is 5.76 Å². The third kappa shape index (κ3) is 3.03. The zero-order chi connectivity index (χ0) is 21.3. The van der Waals surface area contributed by atoms with Crippen molar-refractivity contribution in [2.24, 2.45) is 0 Å². The van der Waals surface area contributed by atoms with Gasteiger partial charge in [-0.25, -0.2) is 0 Å². The molecule has 4 aromatic carbocycles. The smallest absolute Gasteiger partial charge is 0.210 e. The fraction of sp³-hybridized carbons (Fsp3) is 0. The normalized spacial score (nSPS) is 11.1. The minimum atomic E-state index is 0.635. The monoisotopic (exact) mass is 413 g/mol. The largest absolute Gasteiger partial charge is 0.451 e. The van der Waals surface area contributed by atoms with E-state index in [1.807, 2.05) is 54.6 Å². The predicted molar refractivity (Wildman–Crippen MR) is 128 cm³/mol. The molecule has 0 spiro atoms. The van der Waals surface area contributed by atoms with E-state index in [0.29, 0.717) is 11.5 Å². The van der Waals surface area contributed by atoms with Gasteiger partial charge in [0.2, 0.25) is 5.76 Å². The molecule has 152 valence electrons. The van der Waals surface area contributed by atoms with E-state index in [1.54, 1.807) is 6.20 Å². The van der Waals surface area contributed by atoms with Crippen LogP contribution in [0.4, 0.5) is 0 Å². The van der Waals surface area contributed by atoms with Gasteiger partial charge >= 0.3 is 0 Å². The molecule has 32 heavy (non-hydrogen) atoms. The highest BCUT2D eigenvalue weighted by Gasteiger charge is 2.23. The van der Waals surface area contributed by atoms with Gasteiger partial charge < -0.3 is 8.94 Å². The summed E-state index contributed by atoms with van der Waals surface area (Å²) in [7, 11) is 0. The number of nitrogens with zero attached hydrogens (tertiary/aromatic N) is 1. The van der Waals surface area contributed by atoms with E-state index in [1.165, 1.54) is 0 Å². The number of fused-ring (bicyclic) bond motifs is 1. The fourth-order valence-electron chi connectivity index (χ4n) is 4.24. The predicted octanol–water partition coefficient (Wildman–Crippen LogP) is 8.09. The van der Waals surface area contributed by atoms with Crippen LogP contribution < -0.4 is 0 Å². The molecule has 3 nitrogen and oxygen atoms in total. The van der Waals surface area contributed by atoms with Crippen LogP contribution in [0.1, 0.15) is 0 Å². The number of furan rings is 1. The Hall–Kier alpha value is -4.37. The van der Waals surface area contributed by atoms with Crippen molar-refractivity contribution in [2.45, 2.75) is 0 Å². The molecule has 2 aromatic heterocycles. The van der Waals surface area contributed by atoms with Crippen molar-refractivity contribution in [3.63, 3.8) is 0 Å². The van der Waals surface area contributed by atoms with Crippen LogP contribution in [0, 0.1) is 0 Å². The van der Waals surface area contributed by atoms with Crippen molar-refractivity contribution in [3.8, 4) is 45.1 Å². The summed E-state index contributed by atoms with van der Waals surface area (Å²) in [6.07, 6.45) is 1.75. The standard InChI is InChI=1S/C29H19NO2/c1-3-11-20(12-4-1)22-15-7-8-16-23(22)27-24-17-9-10-18-25(24)28(31-27)29-26(19-30-32-29)21-13-5-2-6-14-21/h1-19H. The van der Waals surface area contributed by atoms with Crippen LogP contribution in [0.5, 0.6) is 0 Å². The molecule has 0 fully saturated rings. The van der Waals surface area contributed by atoms with Gasteiger partial charge in [-0.15, -0.1) is 0 Å². The number of hydrogen-bond donors (Lipinski definition) is 0. The van der Waals surface area contributed by atoms with E-state index in [0.717, 1.165) is 44.3 Å². The van der Waals surface area contributed by atoms with Crippen molar-refractivity contribution in [1.82, 2.24) is 5.16 Å². The van der Waals surface area contributed by atoms with E-state index in [2.05, 4.69) is 59.8 Å². The van der Waals surface area contributed by atoms with Gasteiger partial charge in [-0.05, 0) is 16.7 Å². The number of aromatic nitrogens is 1. The highest BCUT2D eigenvalue weighted by Crippen LogP contribution is 2.44. The van der Waals surface area contributed by atoms with Gasteiger partial charge in [-0.1, -0.05) is 114 Å². The Balaban J connectivity index is 1.60. The first-order valence-corrected chi connectivity index (χ1v) is 10.6. The molecular formula is C29H19NO2. The van der Waals surface area contributed by atoms with Crippen molar-refractivity contribution in [1.29, 1.82) is 0 Å². The highest BCUT2D eigenvalue weighted by molar-refractivity contribution is 6.05. The maximum absolute atomic E-state index is 6.59. The molecule has 6 rings (SSSR count). The molecule has 0 bridgehead atoms. The molecule has 6 aromatic rings. The first-order valence-electron chi connectivity index (χ1n) is 10.6. The topological polar surface area (TPSA) is 39.2 Å². The molecule has 0 saturated carbocycles. The lowest BCUT2D eigenvalue weighted by atomic mass is 9.96. The molecule has 0 N–H and O–H groups in total. The average Bonchev–Trinajstić information content (AvgIpc) is 3.50. The molecule has 0 saturated heterocycles. The summed E-state index contributed by atoms with van der Waals surface area (Å²) in [5.41, 5.74) is 5.26. The van der Waals surface area contributed by atoms with Crippen LogP contribution in [-0.2, 0) is 0 Å². The van der Waals surface area contributed by atoms with Crippen molar-refractivity contribution < 1.29 is 8.94 Å². The lowest BCUT2D eigenvalue weighted by Gasteiger charge is -2.08. The summed E-state index contributed by atoms with van der Waals surface area (Å²) in [5.74, 6) is 2.15. The van der Waals surface area contributed by atoms with E-state index in [4.69, 9.17) is 8.94 Å². The van der Waals surface area contributed by atoms with Crippen molar-refractivity contribution >= 4 is 10.8 Å². The summed E-state index contributed by atoms with van der Waals surface area (Å²) < 4.78 is 12.3. The minimum Gasteiger partial charge on any atom is -0.451 e. The number of hydrogen-bond acceptors (Lipinski definition) is 3. The van der Waals surface area contributed by atoms with E-state index >= 15 is 0 Å². The fourth-order valence-corrected chi connectivity index (χ4v) is 4.24. The van der Waals surface area contributed by atoms with Crippen LogP contribution in [0.3, 0.4) is 0 Å². The number of rotatable bonds is 4. The Morgan fingerprint density at radius 1 is 0.438 bits per heavy atom. The van der Waals surface area contributed by atoms with E-state index in [9.17, 15) is 0 Å². The van der Waals surface area contributed by atoms with Crippen molar-refractivity contribution in [3.05, 3.63) is 115 Å². The Bertz CT molecular complexity index is 1510. The van der Waals surface area contributed by atoms with E-state index in [-0.39, 0.29) is 0 Å². The van der Waals surface area contributed by atoms with Gasteiger partial charge in [-0.2, -0.15) is 0 Å². The van der Waals surface area contributed by atoms with Gasteiger partial charge in [0.05, 0.1) is 11.8 Å². The molecule has 0 atom stereocenters. The van der Waals surface area contributed by atoms with Gasteiger partial charge in [0.15, 0.2) is 5.76 Å². The molecule has 0 unspecified atom stereocenters. The summed E-state index contributed by atoms with van der Waals surface area (Å²) in [4.78, 5) is 0. The molecule has 3 heteroatoms. The van der Waals surface area contributed by atoms with Crippen LogP contribution in [0.15, 0.2) is 124 Å². The lowest BCUT2D eigenvalue weighted by molar-refractivity contribution is 0.420. The maximum Gasteiger partial charge on any atom is 0.210 e. The summed E-state index contributed by atoms with van der Waals surface area (Å²) in [6, 6.07) is 37.0. The second-order valence-corrected chi connectivity index (χ2v) is 7.65. The van der Waals surface area contributed by atoms with E-state index < -0.39 is 0 Å². The molecule has 0 aliphatic carbocycles. The Morgan fingerprint density at radius 3 is 1.66 bits per heavy atom. The molecule has 2 heterocycles. The molecule has 0 aliphatic rings. The van der Waals surface area contributed by atoms with Crippen LogP contribution in [0.25, 0.3) is 55.9 Å². The summed E-state index contributed by atoms with van der Waals surface area (Å²) >= 11 is 0. The quantitative estimate of drug-likeness (QED) is 0.293. The third-order valence-corrected chi connectivity index (χ3v) is 5.74. The van der Waals surface area contributed by atoms with Gasteiger partial charge in [-0.3, -0.25) is 0 Å². The Kier molecular flexibility index (Phi) is 4.43. The Morgan fingerprint density at radius 2 is 0.969 bits per heavy atom. The van der Waals surface area contributed by atoms with Crippen LogP contribution in [0.2, 0.25) is 0 Å². The van der Waals surface area contributed by atoms with Crippen molar-refractivity contribution in [2.75, 3.05) is 0 Å². The second kappa shape index (κ2) is 7.71. The second-order valence-electron chi connectivity index (χ2n) is 7.65. The van der Waals surface area contributed by atoms with Crippen LogP contribution >= 0.6 is 0 Å². The molecular weight excluding hydrogens is 394 g/mol. The van der Waals surface area contributed by atoms with Gasteiger partial charge in [0.25, 0.3) is 0 Å². The highest BCUT2D eigenvalue weighted by atomic mass is 16.5. The third-order valence-electron chi connectivity index (χ3n) is 5.74. The summed E-state index contributed by atoms with van der Waals surface area (Å²) in [5, 5.41) is 6.14. The zero-order valence-electron chi connectivity index (χ0n) is 17.2. The van der Waals surface area contributed by atoms with Crippen LogP contribution in [-0.4, -0.2) is 5.16 Å². The lowest BCUT2D eigenvalue weighted by Crippen LogP contribution is -1.83. The molecule has 0 aliphatic heterocycles. The number of benzene rings is 4. The first kappa shape index (κ1) is 18.4. The SMILES string of the molecule is c1ccc(-c2ccccc2-c2oc(-c3oncc3-c3ccccc3)c3ccccc23)cc1.